The highest BCUT2D eigenvalue weighted by Gasteiger charge is 2.21. The van der Waals surface area contributed by atoms with Gasteiger partial charge in [0.2, 0.25) is 0 Å². The van der Waals surface area contributed by atoms with E-state index in [1.807, 2.05) is 19.1 Å². The van der Waals surface area contributed by atoms with Gasteiger partial charge in [-0.1, -0.05) is 17.7 Å². The van der Waals surface area contributed by atoms with Gasteiger partial charge in [0, 0.05) is 23.2 Å². The van der Waals surface area contributed by atoms with E-state index in [1.165, 1.54) is 30.0 Å². The summed E-state index contributed by atoms with van der Waals surface area (Å²) >= 11 is 6.41. The first-order valence-electron chi connectivity index (χ1n) is 7.33. The molecule has 3 rings (SSSR count). The topological polar surface area (TPSA) is 12.0 Å². The van der Waals surface area contributed by atoms with Crippen molar-refractivity contribution in [1.82, 2.24) is 5.32 Å². The Balaban J connectivity index is 2.02. The molecule has 2 aromatic rings. The number of nitrogens with one attached hydrogen (secondary N) is 1. The van der Waals surface area contributed by atoms with E-state index in [9.17, 15) is 4.39 Å². The first-order valence-corrected chi connectivity index (χ1v) is 7.71. The van der Waals surface area contributed by atoms with Crippen LogP contribution in [0.3, 0.4) is 0 Å². The third kappa shape index (κ3) is 3.28. The summed E-state index contributed by atoms with van der Waals surface area (Å²) in [6.07, 6.45) is 2.43. The van der Waals surface area contributed by atoms with Crippen LogP contribution in [0.5, 0.6) is 0 Å². The largest absolute Gasteiger partial charge is 0.310 e. The summed E-state index contributed by atoms with van der Waals surface area (Å²) in [7, 11) is 0. The highest BCUT2D eigenvalue weighted by molar-refractivity contribution is 6.33. The molecule has 1 aliphatic rings. The minimum absolute atomic E-state index is 0.202. The zero-order chi connectivity index (χ0) is 15.0. The van der Waals surface area contributed by atoms with Crippen LogP contribution in [0.15, 0.2) is 30.3 Å². The summed E-state index contributed by atoms with van der Waals surface area (Å²) in [6, 6.07) is 9.60. The minimum Gasteiger partial charge on any atom is -0.310 e. The van der Waals surface area contributed by atoms with Gasteiger partial charge in [-0.15, -0.1) is 0 Å². The minimum atomic E-state index is -0.202. The molecule has 0 saturated heterocycles. The first kappa shape index (κ1) is 14.6. The van der Waals surface area contributed by atoms with Gasteiger partial charge in [0.05, 0.1) is 0 Å². The van der Waals surface area contributed by atoms with Crippen molar-refractivity contribution in [2.24, 2.45) is 0 Å². The van der Waals surface area contributed by atoms with Crippen LogP contribution in [0.4, 0.5) is 4.39 Å². The number of halogens is 2. The molecule has 0 aliphatic heterocycles. The molecule has 110 valence electrons. The van der Waals surface area contributed by atoms with Crippen LogP contribution in [0.25, 0.3) is 11.1 Å². The van der Waals surface area contributed by atoms with Crippen LogP contribution in [0.1, 0.15) is 29.5 Å². The van der Waals surface area contributed by atoms with Crippen LogP contribution >= 0.6 is 11.6 Å². The molecule has 0 spiro atoms. The van der Waals surface area contributed by atoms with Crippen molar-refractivity contribution >= 4 is 11.6 Å². The summed E-state index contributed by atoms with van der Waals surface area (Å²) in [5.41, 5.74) is 5.32. The smallest absolute Gasteiger partial charge is 0.123 e. The molecule has 0 unspecified atom stereocenters. The fraction of sp³-hybridized carbons (Fsp3) is 0.333. The standard InChI is InChI=1S/C18H19ClFN/c1-11-7-17(18(19)8-12(11)2)16-6-3-14(20)9-13(16)10-21-15-4-5-15/h3,6-9,15,21H,4-5,10H2,1-2H3. The van der Waals surface area contributed by atoms with Gasteiger partial charge in [-0.25, -0.2) is 4.39 Å². The zero-order valence-electron chi connectivity index (χ0n) is 12.3. The Labute approximate surface area is 130 Å². The van der Waals surface area contributed by atoms with Crippen LogP contribution in [-0.4, -0.2) is 6.04 Å². The fourth-order valence-corrected chi connectivity index (χ4v) is 2.82. The Hall–Kier alpha value is -1.38. The Morgan fingerprint density at radius 2 is 1.81 bits per heavy atom. The van der Waals surface area contributed by atoms with Crippen molar-refractivity contribution in [1.29, 1.82) is 0 Å². The lowest BCUT2D eigenvalue weighted by Crippen LogP contribution is -2.16. The molecule has 0 amide bonds. The Bertz CT molecular complexity index is 677. The zero-order valence-corrected chi connectivity index (χ0v) is 13.1. The van der Waals surface area contributed by atoms with E-state index < -0.39 is 0 Å². The predicted molar refractivity (Wildman–Crippen MR) is 86.2 cm³/mol. The molecule has 1 saturated carbocycles. The number of rotatable bonds is 4. The lowest BCUT2D eigenvalue weighted by atomic mass is 9.96. The number of benzene rings is 2. The Kier molecular flexibility index (Phi) is 4.01. The van der Waals surface area contributed by atoms with Crippen LogP contribution in [0, 0.1) is 19.7 Å². The molecule has 1 nitrogen and oxygen atoms in total. The maximum atomic E-state index is 13.6. The second-order valence-corrected chi connectivity index (χ2v) is 6.28. The van der Waals surface area contributed by atoms with E-state index in [0.717, 1.165) is 21.7 Å². The Morgan fingerprint density at radius 3 is 2.52 bits per heavy atom. The van der Waals surface area contributed by atoms with Crippen molar-refractivity contribution in [2.45, 2.75) is 39.3 Å². The fourth-order valence-electron chi connectivity index (χ4n) is 2.50. The molecule has 3 heteroatoms. The molecular weight excluding hydrogens is 285 g/mol. The van der Waals surface area contributed by atoms with Crippen molar-refractivity contribution < 1.29 is 4.39 Å². The molecule has 2 aromatic carbocycles. The third-order valence-electron chi connectivity index (χ3n) is 4.10. The van der Waals surface area contributed by atoms with Gasteiger partial charge in [-0.2, -0.15) is 0 Å². The monoisotopic (exact) mass is 303 g/mol. The third-order valence-corrected chi connectivity index (χ3v) is 4.41. The molecule has 1 N–H and O–H groups in total. The first-order chi connectivity index (χ1) is 10.0. The molecule has 0 heterocycles. The van der Waals surface area contributed by atoms with Crippen LogP contribution in [-0.2, 0) is 6.54 Å². The van der Waals surface area contributed by atoms with E-state index in [1.54, 1.807) is 6.07 Å². The van der Waals surface area contributed by atoms with Gasteiger partial charge in [0.15, 0.2) is 0 Å². The summed E-state index contributed by atoms with van der Waals surface area (Å²) in [5.74, 6) is -0.202. The molecule has 0 atom stereocenters. The average Bonchev–Trinajstić information content (AvgIpc) is 3.25. The lowest BCUT2D eigenvalue weighted by molar-refractivity contribution is 0.620. The van der Waals surface area contributed by atoms with Crippen molar-refractivity contribution in [3.8, 4) is 11.1 Å². The van der Waals surface area contributed by atoms with Gasteiger partial charge in [0.1, 0.15) is 5.82 Å². The predicted octanol–water partition coefficient (Wildman–Crippen LogP) is 5.01. The quantitative estimate of drug-likeness (QED) is 0.836. The van der Waals surface area contributed by atoms with Gasteiger partial charge < -0.3 is 5.32 Å². The van der Waals surface area contributed by atoms with E-state index in [4.69, 9.17) is 11.6 Å². The lowest BCUT2D eigenvalue weighted by Gasteiger charge is -2.14. The second kappa shape index (κ2) is 5.78. The summed E-state index contributed by atoms with van der Waals surface area (Å²) in [4.78, 5) is 0. The van der Waals surface area contributed by atoms with Crippen LogP contribution < -0.4 is 5.32 Å². The maximum Gasteiger partial charge on any atom is 0.123 e. The van der Waals surface area contributed by atoms with Crippen molar-refractivity contribution in [2.75, 3.05) is 0 Å². The second-order valence-electron chi connectivity index (χ2n) is 5.87. The maximum absolute atomic E-state index is 13.6. The van der Waals surface area contributed by atoms with Gasteiger partial charge in [0.25, 0.3) is 0 Å². The highest BCUT2D eigenvalue weighted by Crippen LogP contribution is 2.33. The molecule has 21 heavy (non-hydrogen) atoms. The molecule has 0 aromatic heterocycles. The highest BCUT2D eigenvalue weighted by atomic mass is 35.5. The molecule has 1 fully saturated rings. The van der Waals surface area contributed by atoms with Crippen LogP contribution in [0.2, 0.25) is 5.02 Å². The number of hydrogen-bond donors (Lipinski definition) is 1. The average molecular weight is 304 g/mol. The van der Waals surface area contributed by atoms with Crippen molar-refractivity contribution in [3.05, 3.63) is 57.9 Å². The summed E-state index contributed by atoms with van der Waals surface area (Å²) < 4.78 is 13.6. The van der Waals surface area contributed by atoms with E-state index in [0.29, 0.717) is 12.6 Å². The van der Waals surface area contributed by atoms with E-state index in [2.05, 4.69) is 18.3 Å². The van der Waals surface area contributed by atoms with E-state index in [-0.39, 0.29) is 5.82 Å². The number of hydrogen-bond acceptors (Lipinski definition) is 1. The molecule has 1 aliphatic carbocycles. The summed E-state index contributed by atoms with van der Waals surface area (Å²) in [5, 5.41) is 4.17. The normalized spacial score (nSPS) is 14.5. The van der Waals surface area contributed by atoms with Crippen molar-refractivity contribution in [3.63, 3.8) is 0 Å². The van der Waals surface area contributed by atoms with Gasteiger partial charge >= 0.3 is 0 Å². The van der Waals surface area contributed by atoms with Gasteiger partial charge in [-0.3, -0.25) is 0 Å². The van der Waals surface area contributed by atoms with E-state index >= 15 is 0 Å². The van der Waals surface area contributed by atoms with Gasteiger partial charge in [-0.05, 0) is 73.2 Å². The Morgan fingerprint density at radius 1 is 1.10 bits per heavy atom. The molecule has 0 bridgehead atoms. The summed E-state index contributed by atoms with van der Waals surface area (Å²) in [6.45, 7) is 4.80. The SMILES string of the molecule is Cc1cc(Cl)c(-c2ccc(F)cc2CNC2CC2)cc1C. The number of aryl methyl sites for hydroxylation is 2. The molecule has 0 radical (unpaired) electrons. The molecular formula is C18H19ClFN.